The molecule has 1 fully saturated rings. The monoisotopic (exact) mass is 238 g/mol. The van der Waals surface area contributed by atoms with Gasteiger partial charge in [-0.15, -0.1) is 0 Å². The number of ketones is 2. The van der Waals surface area contributed by atoms with E-state index in [1.165, 1.54) is 0 Å². The summed E-state index contributed by atoms with van der Waals surface area (Å²) in [6, 6.07) is 0. The Labute approximate surface area is 88.7 Å². The molecule has 7 heteroatoms. The first-order chi connectivity index (χ1) is 7.32. The van der Waals surface area contributed by atoms with Gasteiger partial charge in [-0.1, -0.05) is 0 Å². The van der Waals surface area contributed by atoms with Crippen molar-refractivity contribution in [3.05, 3.63) is 0 Å². The van der Waals surface area contributed by atoms with Crippen molar-refractivity contribution >= 4 is 17.5 Å². The first-order valence-corrected chi connectivity index (χ1v) is 4.61. The van der Waals surface area contributed by atoms with Crippen molar-refractivity contribution in [2.45, 2.75) is 25.4 Å². The molecule has 1 rings (SSSR count). The minimum absolute atomic E-state index is 0.122. The summed E-state index contributed by atoms with van der Waals surface area (Å²) in [5.74, 6) is -3.80. The lowest BCUT2D eigenvalue weighted by atomic mass is 10.0. The number of Topliss-reactive ketones (excluding diaryl/α,β-unsaturated/α-hetero) is 2. The first-order valence-electron chi connectivity index (χ1n) is 4.61. The second-order valence-corrected chi connectivity index (χ2v) is 3.41. The number of halogens is 3. The minimum atomic E-state index is -5.04. The number of ether oxygens (including phenoxy) is 1. The van der Waals surface area contributed by atoms with Crippen LogP contribution in [0.5, 0.6) is 0 Å². The van der Waals surface area contributed by atoms with Crippen LogP contribution in [0.25, 0.3) is 0 Å². The molecule has 0 atom stereocenters. The zero-order valence-corrected chi connectivity index (χ0v) is 8.17. The third-order valence-corrected chi connectivity index (χ3v) is 2.27. The van der Waals surface area contributed by atoms with Crippen molar-refractivity contribution in [1.82, 2.24) is 0 Å². The summed E-state index contributed by atoms with van der Waals surface area (Å²) in [5.41, 5.74) is 0. The number of carbonyl (C=O) groups excluding carboxylic acids is 3. The zero-order valence-electron chi connectivity index (χ0n) is 8.17. The average molecular weight is 238 g/mol. The SMILES string of the molecule is O=C1CCC(=O)C1CCOC(=O)C(F)(F)F. The summed E-state index contributed by atoms with van der Waals surface area (Å²) in [5, 5.41) is 0. The number of alkyl halides is 3. The van der Waals surface area contributed by atoms with Crippen LogP contribution in [0.15, 0.2) is 0 Å². The van der Waals surface area contributed by atoms with E-state index in [1.54, 1.807) is 0 Å². The zero-order chi connectivity index (χ0) is 12.3. The van der Waals surface area contributed by atoms with Gasteiger partial charge in [0.1, 0.15) is 11.6 Å². The lowest BCUT2D eigenvalue weighted by Gasteiger charge is -2.09. The Morgan fingerprint density at radius 3 is 2.19 bits per heavy atom. The maximum absolute atomic E-state index is 11.7. The summed E-state index contributed by atoms with van der Waals surface area (Å²) in [6.07, 6.45) is -4.96. The van der Waals surface area contributed by atoms with Crippen molar-refractivity contribution in [3.8, 4) is 0 Å². The van der Waals surface area contributed by atoms with Gasteiger partial charge in [0.05, 0.1) is 12.5 Å². The van der Waals surface area contributed by atoms with E-state index in [2.05, 4.69) is 4.74 Å². The van der Waals surface area contributed by atoms with Crippen molar-refractivity contribution in [1.29, 1.82) is 0 Å². The average Bonchev–Trinajstić information content (AvgIpc) is 2.47. The highest BCUT2D eigenvalue weighted by molar-refractivity contribution is 6.08. The minimum Gasteiger partial charge on any atom is -0.459 e. The van der Waals surface area contributed by atoms with Crippen LogP contribution in [0.3, 0.4) is 0 Å². The van der Waals surface area contributed by atoms with Crippen LogP contribution in [0.2, 0.25) is 0 Å². The lowest BCUT2D eigenvalue weighted by Crippen LogP contribution is -2.27. The molecular formula is C9H9F3O4. The van der Waals surface area contributed by atoms with Crippen LogP contribution in [-0.2, 0) is 19.1 Å². The molecule has 0 aliphatic heterocycles. The fraction of sp³-hybridized carbons (Fsp3) is 0.667. The molecule has 16 heavy (non-hydrogen) atoms. The number of hydrogen-bond acceptors (Lipinski definition) is 4. The fourth-order valence-corrected chi connectivity index (χ4v) is 1.45. The van der Waals surface area contributed by atoms with Gasteiger partial charge in [-0.3, -0.25) is 9.59 Å². The van der Waals surface area contributed by atoms with E-state index >= 15 is 0 Å². The Hall–Kier alpha value is -1.40. The number of carbonyl (C=O) groups is 3. The molecule has 0 aromatic carbocycles. The Kier molecular flexibility index (Phi) is 3.66. The lowest BCUT2D eigenvalue weighted by molar-refractivity contribution is -0.200. The molecule has 1 aliphatic rings. The van der Waals surface area contributed by atoms with Crippen LogP contribution < -0.4 is 0 Å². The third kappa shape index (κ3) is 3.04. The van der Waals surface area contributed by atoms with E-state index in [0.717, 1.165) is 0 Å². The van der Waals surface area contributed by atoms with Gasteiger partial charge in [0.2, 0.25) is 0 Å². The van der Waals surface area contributed by atoms with E-state index < -0.39 is 24.7 Å². The molecule has 0 spiro atoms. The first kappa shape index (κ1) is 12.7. The van der Waals surface area contributed by atoms with Crippen molar-refractivity contribution in [2.75, 3.05) is 6.61 Å². The summed E-state index contributed by atoms with van der Waals surface area (Å²) in [6.45, 7) is -0.569. The normalized spacial score (nSPS) is 17.9. The summed E-state index contributed by atoms with van der Waals surface area (Å²) in [7, 11) is 0. The largest absolute Gasteiger partial charge is 0.490 e. The van der Waals surface area contributed by atoms with Gasteiger partial charge in [0.25, 0.3) is 0 Å². The van der Waals surface area contributed by atoms with Crippen LogP contribution >= 0.6 is 0 Å². The number of rotatable bonds is 3. The Morgan fingerprint density at radius 2 is 1.75 bits per heavy atom. The maximum atomic E-state index is 11.7. The quantitative estimate of drug-likeness (QED) is 0.544. The van der Waals surface area contributed by atoms with Gasteiger partial charge >= 0.3 is 12.1 Å². The smallest absolute Gasteiger partial charge is 0.459 e. The molecule has 90 valence electrons. The highest BCUT2D eigenvalue weighted by Gasteiger charge is 2.41. The predicted molar refractivity (Wildman–Crippen MR) is 44.4 cm³/mol. The summed E-state index contributed by atoms with van der Waals surface area (Å²) >= 11 is 0. The van der Waals surface area contributed by atoms with Crippen molar-refractivity contribution < 1.29 is 32.3 Å². The predicted octanol–water partition coefficient (Wildman–Crippen LogP) is 1.03. The van der Waals surface area contributed by atoms with E-state index in [0.29, 0.717) is 0 Å². The van der Waals surface area contributed by atoms with Crippen LogP contribution in [0.1, 0.15) is 19.3 Å². The fourth-order valence-electron chi connectivity index (χ4n) is 1.45. The molecule has 4 nitrogen and oxygen atoms in total. The van der Waals surface area contributed by atoms with E-state index in [4.69, 9.17) is 0 Å². The molecule has 1 saturated carbocycles. The Bertz CT molecular complexity index is 305. The van der Waals surface area contributed by atoms with E-state index in [9.17, 15) is 27.6 Å². The molecule has 0 heterocycles. The highest BCUT2D eigenvalue weighted by Crippen LogP contribution is 2.22. The van der Waals surface area contributed by atoms with Crippen molar-refractivity contribution in [3.63, 3.8) is 0 Å². The molecule has 0 aromatic rings. The second-order valence-electron chi connectivity index (χ2n) is 3.41. The highest BCUT2D eigenvalue weighted by atomic mass is 19.4. The summed E-state index contributed by atoms with van der Waals surface area (Å²) in [4.78, 5) is 32.4. The molecule has 0 amide bonds. The molecule has 0 bridgehead atoms. The molecule has 0 N–H and O–H groups in total. The van der Waals surface area contributed by atoms with Crippen LogP contribution in [0, 0.1) is 5.92 Å². The molecule has 0 radical (unpaired) electrons. The second kappa shape index (κ2) is 4.63. The van der Waals surface area contributed by atoms with E-state index in [-0.39, 0.29) is 30.8 Å². The van der Waals surface area contributed by atoms with E-state index in [1.807, 2.05) is 0 Å². The molecule has 0 aromatic heterocycles. The Morgan fingerprint density at radius 1 is 1.25 bits per heavy atom. The van der Waals surface area contributed by atoms with Gasteiger partial charge in [-0.25, -0.2) is 4.79 Å². The standard InChI is InChI=1S/C9H9F3O4/c10-9(11,12)8(15)16-4-3-5-6(13)1-2-7(5)14/h5H,1-4H2. The van der Waals surface area contributed by atoms with Gasteiger partial charge in [0.15, 0.2) is 0 Å². The van der Waals surface area contributed by atoms with Gasteiger partial charge < -0.3 is 4.74 Å². The molecule has 0 unspecified atom stereocenters. The van der Waals surface area contributed by atoms with Crippen LogP contribution in [-0.4, -0.2) is 30.3 Å². The summed E-state index contributed by atoms with van der Waals surface area (Å²) < 4.78 is 39.0. The molecule has 1 aliphatic carbocycles. The maximum Gasteiger partial charge on any atom is 0.490 e. The third-order valence-electron chi connectivity index (χ3n) is 2.27. The number of hydrogen-bond donors (Lipinski definition) is 0. The molecule has 0 saturated heterocycles. The van der Waals surface area contributed by atoms with Crippen molar-refractivity contribution in [2.24, 2.45) is 5.92 Å². The van der Waals surface area contributed by atoms with Gasteiger partial charge in [0, 0.05) is 12.8 Å². The molecular weight excluding hydrogens is 229 g/mol. The van der Waals surface area contributed by atoms with Crippen LogP contribution in [0.4, 0.5) is 13.2 Å². The number of esters is 1. The van der Waals surface area contributed by atoms with Gasteiger partial charge in [-0.05, 0) is 6.42 Å². The van der Waals surface area contributed by atoms with Gasteiger partial charge in [-0.2, -0.15) is 13.2 Å². The topological polar surface area (TPSA) is 60.4 Å². The Balaban J connectivity index is 2.33.